The van der Waals surface area contributed by atoms with Crippen LogP contribution in [0.25, 0.3) is 11.0 Å². The van der Waals surface area contributed by atoms with E-state index in [4.69, 9.17) is 14.0 Å². The third kappa shape index (κ3) is 2.32. The average molecular weight is 282 g/mol. The molecule has 100 valence electrons. The van der Waals surface area contributed by atoms with Crippen molar-refractivity contribution in [3.63, 3.8) is 0 Å². The van der Waals surface area contributed by atoms with Crippen LogP contribution in [0.15, 0.2) is 12.1 Å². The molecule has 2 heterocycles. The average Bonchev–Trinajstić information content (AvgIpc) is 2.72. The van der Waals surface area contributed by atoms with E-state index in [0.717, 1.165) is 0 Å². The molecule has 0 saturated carbocycles. The topological polar surface area (TPSA) is 98.6 Å². The van der Waals surface area contributed by atoms with E-state index >= 15 is 0 Å². The summed E-state index contributed by atoms with van der Waals surface area (Å²) in [7, 11) is -4.14. The van der Waals surface area contributed by atoms with Gasteiger partial charge in [0, 0.05) is 12.1 Å². The van der Waals surface area contributed by atoms with Crippen molar-refractivity contribution in [3.8, 4) is 11.5 Å². The van der Waals surface area contributed by atoms with E-state index in [-0.39, 0.29) is 12.5 Å². The summed E-state index contributed by atoms with van der Waals surface area (Å²) >= 11 is 0. The van der Waals surface area contributed by atoms with Gasteiger partial charge in [-0.2, -0.15) is 8.42 Å². The van der Waals surface area contributed by atoms with Crippen molar-refractivity contribution in [1.82, 2.24) is 9.97 Å². The van der Waals surface area contributed by atoms with Gasteiger partial charge in [-0.05, 0) is 6.92 Å². The first-order valence-corrected chi connectivity index (χ1v) is 7.05. The summed E-state index contributed by atoms with van der Waals surface area (Å²) in [6.07, 6.45) is 0. The van der Waals surface area contributed by atoms with E-state index in [2.05, 4.69) is 9.97 Å². The molecule has 0 spiro atoms. The summed E-state index contributed by atoms with van der Waals surface area (Å²) in [6.45, 7) is 1.78. The van der Waals surface area contributed by atoms with Gasteiger partial charge in [0.1, 0.15) is 5.75 Å². The molecular weight excluding hydrogens is 272 g/mol. The molecule has 7 nitrogen and oxygen atoms in total. The third-order valence-corrected chi connectivity index (χ3v) is 3.39. The maximum Gasteiger partial charge on any atom is 0.270 e. The highest BCUT2D eigenvalue weighted by Crippen LogP contribution is 2.35. The highest BCUT2D eigenvalue weighted by molar-refractivity contribution is 7.85. The van der Waals surface area contributed by atoms with Crippen molar-refractivity contribution in [2.75, 3.05) is 6.79 Å². The number of aromatic nitrogens is 2. The second-order valence-electron chi connectivity index (χ2n) is 4.18. The molecule has 1 aliphatic heterocycles. The molecular formula is C11H10N2O5S. The zero-order valence-corrected chi connectivity index (χ0v) is 10.8. The summed E-state index contributed by atoms with van der Waals surface area (Å²) in [5.74, 6) is 0.572. The van der Waals surface area contributed by atoms with Gasteiger partial charge >= 0.3 is 0 Å². The van der Waals surface area contributed by atoms with Crippen LogP contribution < -0.4 is 9.47 Å². The first kappa shape index (κ1) is 12.1. The molecule has 0 saturated heterocycles. The number of fused-ring (bicyclic) bond motifs is 2. The van der Waals surface area contributed by atoms with Gasteiger partial charge in [-0.25, -0.2) is 9.97 Å². The first-order valence-electron chi connectivity index (χ1n) is 5.44. The molecule has 19 heavy (non-hydrogen) atoms. The first-order chi connectivity index (χ1) is 8.92. The fraction of sp³-hybridized carbons (Fsp3) is 0.273. The number of ether oxygens (including phenoxy) is 2. The molecule has 0 radical (unpaired) electrons. The Morgan fingerprint density at radius 2 is 1.79 bits per heavy atom. The lowest BCUT2D eigenvalue weighted by atomic mass is 10.2. The van der Waals surface area contributed by atoms with Crippen LogP contribution >= 0.6 is 0 Å². The second-order valence-corrected chi connectivity index (χ2v) is 5.63. The summed E-state index contributed by atoms with van der Waals surface area (Å²) in [5.41, 5.74) is 1.74. The Bertz CT molecular complexity index is 772. The van der Waals surface area contributed by atoms with Crippen LogP contribution in [0.5, 0.6) is 11.5 Å². The van der Waals surface area contributed by atoms with E-state index in [1.54, 1.807) is 19.1 Å². The van der Waals surface area contributed by atoms with Crippen LogP contribution in [0.2, 0.25) is 0 Å². The fourth-order valence-electron chi connectivity index (χ4n) is 1.88. The normalized spacial score (nSPS) is 14.0. The van der Waals surface area contributed by atoms with Crippen molar-refractivity contribution in [2.24, 2.45) is 0 Å². The Balaban J connectivity index is 2.16. The highest BCUT2D eigenvalue weighted by Gasteiger charge is 2.18. The van der Waals surface area contributed by atoms with Crippen molar-refractivity contribution >= 4 is 21.2 Å². The van der Waals surface area contributed by atoms with Crippen LogP contribution in [-0.4, -0.2) is 29.7 Å². The number of nitrogens with zero attached hydrogens (tertiary/aromatic N) is 2. The Morgan fingerprint density at radius 1 is 1.21 bits per heavy atom. The summed E-state index contributed by atoms with van der Waals surface area (Å²) < 4.78 is 41.2. The number of aryl methyl sites for hydroxylation is 1. The van der Waals surface area contributed by atoms with E-state index in [1.807, 2.05) is 0 Å². The minimum atomic E-state index is -4.14. The van der Waals surface area contributed by atoms with Gasteiger partial charge in [-0.3, -0.25) is 4.55 Å². The van der Waals surface area contributed by atoms with Gasteiger partial charge in [0.05, 0.1) is 22.4 Å². The van der Waals surface area contributed by atoms with Crippen LogP contribution in [0.3, 0.4) is 0 Å². The smallest absolute Gasteiger partial charge is 0.270 e. The lowest BCUT2D eigenvalue weighted by Gasteiger charge is -2.06. The molecule has 1 N–H and O–H groups in total. The quantitative estimate of drug-likeness (QED) is 0.822. The maximum atomic E-state index is 10.9. The number of rotatable bonds is 2. The molecule has 2 aromatic rings. The molecule has 0 atom stereocenters. The summed E-state index contributed by atoms with van der Waals surface area (Å²) in [5, 5.41) is 0. The van der Waals surface area contributed by atoms with E-state index in [9.17, 15) is 8.42 Å². The molecule has 1 aromatic carbocycles. The molecule has 3 rings (SSSR count). The molecule has 1 aromatic heterocycles. The van der Waals surface area contributed by atoms with Gasteiger partial charge in [-0.15, -0.1) is 0 Å². The van der Waals surface area contributed by atoms with Gasteiger partial charge in [-0.1, -0.05) is 0 Å². The second kappa shape index (κ2) is 4.04. The van der Waals surface area contributed by atoms with Gasteiger partial charge < -0.3 is 9.47 Å². The largest absolute Gasteiger partial charge is 0.454 e. The number of hydrogen-bond donors (Lipinski definition) is 1. The van der Waals surface area contributed by atoms with Crippen molar-refractivity contribution < 1.29 is 22.4 Å². The predicted octanol–water partition coefficient (Wildman–Crippen LogP) is 1.05. The highest BCUT2D eigenvalue weighted by atomic mass is 32.2. The van der Waals surface area contributed by atoms with Crippen LogP contribution in [0.1, 0.15) is 11.4 Å². The minimum absolute atomic E-state index is 0.141. The minimum Gasteiger partial charge on any atom is -0.454 e. The van der Waals surface area contributed by atoms with Crippen LogP contribution in [-0.2, 0) is 15.9 Å². The number of benzene rings is 1. The lowest BCUT2D eigenvalue weighted by Crippen LogP contribution is -2.07. The van der Waals surface area contributed by atoms with E-state index in [1.165, 1.54) is 0 Å². The Hall–Kier alpha value is -1.93. The Morgan fingerprint density at radius 3 is 2.37 bits per heavy atom. The Kier molecular flexibility index (Phi) is 2.58. The van der Waals surface area contributed by atoms with Crippen LogP contribution in [0.4, 0.5) is 0 Å². The van der Waals surface area contributed by atoms with Crippen molar-refractivity contribution in [3.05, 3.63) is 23.5 Å². The third-order valence-electron chi connectivity index (χ3n) is 2.75. The summed E-state index contributed by atoms with van der Waals surface area (Å²) in [4.78, 5) is 8.46. The maximum absolute atomic E-state index is 10.9. The zero-order valence-electron chi connectivity index (χ0n) is 9.95. The zero-order chi connectivity index (χ0) is 13.6. The Labute approximate surface area is 108 Å². The molecule has 0 aliphatic carbocycles. The summed E-state index contributed by atoms with van der Waals surface area (Å²) in [6, 6.07) is 3.33. The van der Waals surface area contributed by atoms with Gasteiger partial charge in [0.25, 0.3) is 10.1 Å². The lowest BCUT2D eigenvalue weighted by molar-refractivity contribution is 0.174. The number of hydrogen-bond acceptors (Lipinski definition) is 6. The van der Waals surface area contributed by atoms with E-state index in [0.29, 0.717) is 28.2 Å². The molecule has 8 heteroatoms. The van der Waals surface area contributed by atoms with Crippen LogP contribution in [0, 0.1) is 6.92 Å². The predicted molar refractivity (Wildman–Crippen MR) is 65.7 cm³/mol. The molecule has 0 unspecified atom stereocenters. The van der Waals surface area contributed by atoms with Gasteiger partial charge in [0.15, 0.2) is 11.5 Å². The fourth-order valence-corrected chi connectivity index (χ4v) is 2.50. The van der Waals surface area contributed by atoms with Crippen molar-refractivity contribution in [1.29, 1.82) is 0 Å². The standard InChI is InChI=1S/C11H10N2O5S/c1-6-9(4-19(14,15)16)13-8-3-11-10(17-5-18-11)2-7(8)12-6/h2-3H,4-5H2,1H3,(H,14,15,16). The van der Waals surface area contributed by atoms with E-state index < -0.39 is 15.9 Å². The SMILES string of the molecule is Cc1nc2cc3c(cc2nc1CS(=O)(=O)O)OCO3. The molecule has 0 bridgehead atoms. The monoisotopic (exact) mass is 282 g/mol. The molecule has 0 amide bonds. The molecule has 1 aliphatic rings. The van der Waals surface area contributed by atoms with Gasteiger partial charge in [0.2, 0.25) is 6.79 Å². The van der Waals surface area contributed by atoms with Crippen molar-refractivity contribution in [2.45, 2.75) is 12.7 Å². The molecule has 0 fully saturated rings.